The average molecular weight is 428 g/mol. The molecule has 5 rings (SSSR count). The molecule has 3 heterocycles. The van der Waals surface area contributed by atoms with Crippen molar-refractivity contribution in [3.8, 4) is 0 Å². The van der Waals surface area contributed by atoms with E-state index in [-0.39, 0.29) is 5.56 Å². The molecule has 2 aromatic carbocycles. The van der Waals surface area contributed by atoms with Crippen LogP contribution in [-0.4, -0.2) is 37.3 Å². The van der Waals surface area contributed by atoms with Crippen LogP contribution < -0.4 is 5.56 Å². The summed E-state index contributed by atoms with van der Waals surface area (Å²) in [7, 11) is 0. The maximum atomic E-state index is 13.4. The molecule has 0 radical (unpaired) electrons. The lowest BCUT2D eigenvalue weighted by Gasteiger charge is -2.08. The molecule has 0 aliphatic carbocycles. The third-order valence-corrected chi connectivity index (χ3v) is 5.68. The van der Waals surface area contributed by atoms with E-state index >= 15 is 0 Å². The fraction of sp³-hybridized carbons (Fsp3) is 0.280. The summed E-state index contributed by atoms with van der Waals surface area (Å²) in [4.78, 5) is 27.8. The van der Waals surface area contributed by atoms with Crippen molar-refractivity contribution in [3.63, 3.8) is 0 Å². The molecule has 0 saturated heterocycles. The molecule has 0 unspecified atom stereocenters. The van der Waals surface area contributed by atoms with Crippen molar-refractivity contribution in [1.29, 1.82) is 0 Å². The van der Waals surface area contributed by atoms with Crippen molar-refractivity contribution in [1.82, 2.24) is 24.1 Å². The van der Waals surface area contributed by atoms with Crippen LogP contribution >= 0.6 is 0 Å². The van der Waals surface area contributed by atoms with Crippen molar-refractivity contribution in [3.05, 3.63) is 76.8 Å². The molecule has 0 atom stereocenters. The van der Waals surface area contributed by atoms with E-state index in [1.54, 1.807) is 10.9 Å². The van der Waals surface area contributed by atoms with E-state index in [2.05, 4.69) is 17.1 Å². The minimum absolute atomic E-state index is 0.0838. The Morgan fingerprint density at radius 3 is 2.44 bits per heavy atom. The largest absolute Gasteiger partial charge is 0.382 e. The molecule has 3 aromatic heterocycles. The summed E-state index contributed by atoms with van der Waals surface area (Å²) in [6.45, 7) is 4.47. The number of fused-ring (bicyclic) bond motifs is 4. The Hall–Kier alpha value is -3.58. The monoisotopic (exact) mass is 427 g/mol. The Bertz CT molecular complexity index is 1440. The van der Waals surface area contributed by atoms with Gasteiger partial charge in [0.25, 0.3) is 5.56 Å². The second-order valence-corrected chi connectivity index (χ2v) is 7.76. The van der Waals surface area contributed by atoms with Gasteiger partial charge in [-0.1, -0.05) is 42.5 Å². The Balaban J connectivity index is 1.65. The number of para-hydroxylation sites is 2. The topological polar surface area (TPSA) is 74.8 Å². The van der Waals surface area contributed by atoms with Gasteiger partial charge in [0.1, 0.15) is 10.9 Å². The zero-order chi connectivity index (χ0) is 21.9. The van der Waals surface area contributed by atoms with Crippen LogP contribution in [-0.2, 0) is 24.2 Å². The van der Waals surface area contributed by atoms with Crippen molar-refractivity contribution in [2.75, 3.05) is 13.2 Å². The molecule has 162 valence electrons. The predicted octanol–water partition coefficient (Wildman–Crippen LogP) is 3.96. The number of aromatic nitrogens is 5. The lowest BCUT2D eigenvalue weighted by atomic mass is 10.1. The molecule has 5 aromatic rings. The number of rotatable bonds is 8. The molecule has 0 aliphatic heterocycles. The summed E-state index contributed by atoms with van der Waals surface area (Å²) in [5.74, 6) is 0. The highest BCUT2D eigenvalue weighted by molar-refractivity contribution is 6.04. The third kappa shape index (κ3) is 3.76. The van der Waals surface area contributed by atoms with Gasteiger partial charge in [-0.15, -0.1) is 0 Å². The van der Waals surface area contributed by atoms with Crippen LogP contribution in [0, 0.1) is 0 Å². The van der Waals surface area contributed by atoms with Gasteiger partial charge in [-0.3, -0.25) is 9.36 Å². The van der Waals surface area contributed by atoms with Crippen molar-refractivity contribution in [2.45, 2.75) is 32.9 Å². The number of ether oxygens (including phenoxy) is 1. The van der Waals surface area contributed by atoms with E-state index in [0.717, 1.165) is 23.9 Å². The van der Waals surface area contributed by atoms with E-state index in [0.29, 0.717) is 48.5 Å². The van der Waals surface area contributed by atoms with Crippen LogP contribution in [0.2, 0.25) is 0 Å². The van der Waals surface area contributed by atoms with E-state index in [9.17, 15) is 4.79 Å². The Morgan fingerprint density at radius 1 is 0.906 bits per heavy atom. The van der Waals surface area contributed by atoms with Gasteiger partial charge in [0.05, 0.1) is 17.4 Å². The molecule has 0 spiro atoms. The summed E-state index contributed by atoms with van der Waals surface area (Å²) >= 11 is 0. The normalized spacial score (nSPS) is 11.7. The third-order valence-electron chi connectivity index (χ3n) is 5.68. The standard InChI is InChI=1S/C25H25N5O2/c1-2-32-16-8-14-29-17-26-23-21(25(29)31)22-24(28-20-12-7-6-11-19(20)27-22)30(23)15-13-18-9-4-3-5-10-18/h3-7,9-12,17H,2,8,13-16H2,1H3. The highest BCUT2D eigenvalue weighted by Gasteiger charge is 2.19. The molecule has 0 N–H and O–H groups in total. The maximum Gasteiger partial charge on any atom is 0.265 e. The molecule has 7 heteroatoms. The van der Waals surface area contributed by atoms with E-state index in [1.165, 1.54) is 5.56 Å². The van der Waals surface area contributed by atoms with Gasteiger partial charge in [-0.25, -0.2) is 15.0 Å². The molecular formula is C25H25N5O2. The second kappa shape index (κ2) is 8.88. The zero-order valence-electron chi connectivity index (χ0n) is 18.1. The zero-order valence-corrected chi connectivity index (χ0v) is 18.1. The SMILES string of the molecule is CCOCCCn1cnc2c(c1=O)c1nc3ccccc3nc1n2CCc1ccccc1. The summed E-state index contributed by atoms with van der Waals surface area (Å²) in [6.07, 6.45) is 3.20. The number of nitrogens with zero attached hydrogens (tertiary/aromatic N) is 5. The summed E-state index contributed by atoms with van der Waals surface area (Å²) in [5, 5.41) is 0.533. The molecule has 0 saturated carbocycles. The fourth-order valence-electron chi connectivity index (χ4n) is 4.08. The molecule has 0 aliphatic rings. The first-order chi connectivity index (χ1) is 15.8. The first kappa shape index (κ1) is 20.3. The van der Waals surface area contributed by atoms with Crippen molar-refractivity contribution >= 4 is 33.2 Å². The van der Waals surface area contributed by atoms with Gasteiger partial charge in [0.15, 0.2) is 11.3 Å². The van der Waals surface area contributed by atoms with E-state index < -0.39 is 0 Å². The number of hydrogen-bond donors (Lipinski definition) is 0. The minimum atomic E-state index is -0.0838. The van der Waals surface area contributed by atoms with Gasteiger partial charge < -0.3 is 9.30 Å². The van der Waals surface area contributed by atoms with E-state index in [4.69, 9.17) is 14.7 Å². The molecular weight excluding hydrogens is 402 g/mol. The summed E-state index contributed by atoms with van der Waals surface area (Å²) in [6, 6.07) is 18.0. The maximum absolute atomic E-state index is 13.4. The molecule has 0 bridgehead atoms. The van der Waals surface area contributed by atoms with Crippen molar-refractivity contribution < 1.29 is 4.74 Å². The predicted molar refractivity (Wildman–Crippen MR) is 126 cm³/mol. The second-order valence-electron chi connectivity index (χ2n) is 7.76. The lowest BCUT2D eigenvalue weighted by Crippen LogP contribution is -2.21. The fourth-order valence-corrected chi connectivity index (χ4v) is 4.08. The average Bonchev–Trinajstić information content (AvgIpc) is 3.14. The van der Waals surface area contributed by atoms with Crippen LogP contribution in [0.3, 0.4) is 0 Å². The summed E-state index contributed by atoms with van der Waals surface area (Å²) in [5.41, 5.74) is 4.67. The van der Waals surface area contributed by atoms with Crippen LogP contribution in [0.25, 0.3) is 33.2 Å². The van der Waals surface area contributed by atoms with E-state index in [1.807, 2.05) is 54.0 Å². The van der Waals surface area contributed by atoms with Gasteiger partial charge >= 0.3 is 0 Å². The van der Waals surface area contributed by atoms with Crippen molar-refractivity contribution in [2.24, 2.45) is 0 Å². The Kier molecular flexibility index (Phi) is 5.64. The lowest BCUT2D eigenvalue weighted by molar-refractivity contribution is 0.141. The number of aryl methyl sites for hydroxylation is 3. The van der Waals surface area contributed by atoms with Gasteiger partial charge in [0.2, 0.25) is 0 Å². The molecule has 0 amide bonds. The van der Waals surface area contributed by atoms with Crippen LogP contribution in [0.4, 0.5) is 0 Å². The smallest absolute Gasteiger partial charge is 0.265 e. The Morgan fingerprint density at radius 2 is 1.66 bits per heavy atom. The molecule has 7 nitrogen and oxygen atoms in total. The van der Waals surface area contributed by atoms with Crippen LogP contribution in [0.1, 0.15) is 18.9 Å². The minimum Gasteiger partial charge on any atom is -0.382 e. The first-order valence-corrected chi connectivity index (χ1v) is 11.0. The van der Waals surface area contributed by atoms with Gasteiger partial charge in [-0.2, -0.15) is 0 Å². The quantitative estimate of drug-likeness (QED) is 0.350. The number of benzene rings is 2. The highest BCUT2D eigenvalue weighted by Crippen LogP contribution is 2.25. The Labute approximate surface area is 185 Å². The van der Waals surface area contributed by atoms with Crippen LogP contribution in [0.15, 0.2) is 65.7 Å². The first-order valence-electron chi connectivity index (χ1n) is 11.0. The van der Waals surface area contributed by atoms with Gasteiger partial charge in [0, 0.05) is 26.3 Å². The number of hydrogen-bond acceptors (Lipinski definition) is 5. The molecule has 32 heavy (non-hydrogen) atoms. The van der Waals surface area contributed by atoms with Crippen LogP contribution in [0.5, 0.6) is 0 Å². The summed E-state index contributed by atoms with van der Waals surface area (Å²) < 4.78 is 9.10. The van der Waals surface area contributed by atoms with Gasteiger partial charge in [-0.05, 0) is 37.5 Å². The molecule has 0 fully saturated rings. The highest BCUT2D eigenvalue weighted by atomic mass is 16.5.